The van der Waals surface area contributed by atoms with Gasteiger partial charge in [-0.25, -0.2) is 4.98 Å². The molecule has 1 aromatic heterocycles. The number of anilines is 1. The van der Waals surface area contributed by atoms with E-state index in [-0.39, 0.29) is 16.4 Å². The van der Waals surface area contributed by atoms with Crippen molar-refractivity contribution in [3.8, 4) is 0 Å². The molecule has 9 heteroatoms. The van der Waals surface area contributed by atoms with Gasteiger partial charge in [0.15, 0.2) is 5.13 Å². The first-order valence-electron chi connectivity index (χ1n) is 4.69. The first-order chi connectivity index (χ1) is 7.99. The number of carbonyl (C=O) groups is 2. The summed E-state index contributed by atoms with van der Waals surface area (Å²) in [6.45, 7) is 0. The Hall–Kier alpha value is -2.03. The van der Waals surface area contributed by atoms with Crippen LogP contribution in [0, 0.1) is 16.0 Å². The van der Waals surface area contributed by atoms with Crippen molar-refractivity contribution < 1.29 is 14.5 Å². The standard InChI is InChI=1S/C8H8N4O4S/c9-6(13)5-2-10-8(17-5)11-7(14)3-1-4(3)12(15)16/h2-4H,1H2,(H2,9,13)(H,10,11,14). The Labute approximate surface area is 99.0 Å². The van der Waals surface area contributed by atoms with E-state index in [9.17, 15) is 19.7 Å². The first kappa shape index (κ1) is 11.5. The molecule has 1 aliphatic rings. The number of nitro groups is 1. The first-order valence-corrected chi connectivity index (χ1v) is 5.50. The molecule has 0 saturated heterocycles. The predicted octanol–water partition coefficient (Wildman–Crippen LogP) is -0.154. The number of aromatic nitrogens is 1. The van der Waals surface area contributed by atoms with Crippen molar-refractivity contribution in [2.24, 2.45) is 11.7 Å². The van der Waals surface area contributed by atoms with Gasteiger partial charge in [-0.2, -0.15) is 0 Å². The highest BCUT2D eigenvalue weighted by atomic mass is 32.1. The molecule has 90 valence electrons. The van der Waals surface area contributed by atoms with Crippen molar-refractivity contribution in [3.05, 3.63) is 21.2 Å². The summed E-state index contributed by atoms with van der Waals surface area (Å²) in [6.07, 6.45) is 1.49. The van der Waals surface area contributed by atoms with Crippen LogP contribution in [-0.2, 0) is 4.79 Å². The third-order valence-electron chi connectivity index (χ3n) is 2.34. The molecule has 2 rings (SSSR count). The summed E-state index contributed by atoms with van der Waals surface area (Å²) in [6, 6.07) is -0.800. The highest BCUT2D eigenvalue weighted by molar-refractivity contribution is 7.17. The lowest BCUT2D eigenvalue weighted by molar-refractivity contribution is -0.497. The fourth-order valence-electron chi connectivity index (χ4n) is 1.34. The van der Waals surface area contributed by atoms with Crippen molar-refractivity contribution in [1.82, 2.24) is 4.98 Å². The van der Waals surface area contributed by atoms with Crippen LogP contribution in [0.1, 0.15) is 16.1 Å². The van der Waals surface area contributed by atoms with Crippen molar-refractivity contribution >= 4 is 28.3 Å². The maximum atomic E-state index is 11.5. The van der Waals surface area contributed by atoms with E-state index in [1.807, 2.05) is 0 Å². The van der Waals surface area contributed by atoms with Gasteiger partial charge in [0.25, 0.3) is 5.91 Å². The summed E-state index contributed by atoms with van der Waals surface area (Å²) in [7, 11) is 0. The molecule has 1 aromatic rings. The summed E-state index contributed by atoms with van der Waals surface area (Å²) < 4.78 is 0. The van der Waals surface area contributed by atoms with E-state index in [2.05, 4.69) is 10.3 Å². The number of nitrogens with zero attached hydrogens (tertiary/aromatic N) is 2. The van der Waals surface area contributed by atoms with Crippen LogP contribution >= 0.6 is 11.3 Å². The lowest BCUT2D eigenvalue weighted by Gasteiger charge is -1.97. The minimum atomic E-state index is -0.800. The van der Waals surface area contributed by atoms with Gasteiger partial charge in [-0.05, 0) is 0 Å². The van der Waals surface area contributed by atoms with Gasteiger partial charge in [-0.3, -0.25) is 19.7 Å². The molecular formula is C8H8N4O4S. The van der Waals surface area contributed by atoms with Crippen LogP contribution in [0.3, 0.4) is 0 Å². The van der Waals surface area contributed by atoms with Crippen LogP contribution < -0.4 is 11.1 Å². The van der Waals surface area contributed by atoms with Gasteiger partial charge in [-0.1, -0.05) is 11.3 Å². The molecule has 1 aliphatic carbocycles. The molecule has 1 saturated carbocycles. The number of rotatable bonds is 4. The molecule has 17 heavy (non-hydrogen) atoms. The van der Waals surface area contributed by atoms with E-state index < -0.39 is 28.7 Å². The average Bonchev–Trinajstić information content (AvgIpc) is 2.93. The Kier molecular flexibility index (Phi) is 2.76. The number of primary amides is 1. The average molecular weight is 256 g/mol. The second-order valence-corrected chi connectivity index (χ2v) is 4.61. The van der Waals surface area contributed by atoms with Gasteiger partial charge >= 0.3 is 0 Å². The summed E-state index contributed by atoms with van der Waals surface area (Å²) >= 11 is 0.937. The van der Waals surface area contributed by atoms with Gasteiger partial charge in [0.2, 0.25) is 11.9 Å². The van der Waals surface area contributed by atoms with Gasteiger partial charge in [0.1, 0.15) is 10.8 Å². The van der Waals surface area contributed by atoms with Crippen LogP contribution in [0.25, 0.3) is 0 Å². The van der Waals surface area contributed by atoms with Crippen molar-refractivity contribution in [2.45, 2.75) is 12.5 Å². The van der Waals surface area contributed by atoms with E-state index in [0.29, 0.717) is 0 Å². The van der Waals surface area contributed by atoms with E-state index in [4.69, 9.17) is 5.73 Å². The number of amides is 2. The molecule has 2 atom stereocenters. The second kappa shape index (κ2) is 4.09. The molecule has 0 radical (unpaired) electrons. The summed E-state index contributed by atoms with van der Waals surface area (Å²) in [5.74, 6) is -1.68. The zero-order valence-corrected chi connectivity index (χ0v) is 9.27. The molecular weight excluding hydrogens is 248 g/mol. The topological polar surface area (TPSA) is 128 Å². The van der Waals surface area contributed by atoms with Crippen molar-refractivity contribution in [2.75, 3.05) is 5.32 Å². The van der Waals surface area contributed by atoms with Crippen molar-refractivity contribution in [1.29, 1.82) is 0 Å². The van der Waals surface area contributed by atoms with Gasteiger partial charge < -0.3 is 11.1 Å². The molecule has 2 amide bonds. The number of thiazole rings is 1. The zero-order valence-electron chi connectivity index (χ0n) is 8.45. The molecule has 2 unspecified atom stereocenters. The minimum Gasteiger partial charge on any atom is -0.365 e. The molecule has 0 aromatic carbocycles. The predicted molar refractivity (Wildman–Crippen MR) is 58.2 cm³/mol. The Morgan fingerprint density at radius 1 is 1.65 bits per heavy atom. The molecule has 0 aliphatic heterocycles. The normalized spacial score (nSPS) is 21.9. The lowest BCUT2D eigenvalue weighted by atomic mass is 10.4. The van der Waals surface area contributed by atoms with Gasteiger partial charge in [-0.15, -0.1) is 0 Å². The van der Waals surface area contributed by atoms with Crippen LogP contribution in [0.5, 0.6) is 0 Å². The quantitative estimate of drug-likeness (QED) is 0.571. The number of hydrogen-bond donors (Lipinski definition) is 2. The third-order valence-corrected chi connectivity index (χ3v) is 3.27. The Bertz CT molecular complexity index is 499. The number of nitrogens with one attached hydrogen (secondary N) is 1. The van der Waals surface area contributed by atoms with Crippen LogP contribution in [0.15, 0.2) is 6.20 Å². The fraction of sp³-hybridized carbons (Fsp3) is 0.375. The SMILES string of the molecule is NC(=O)c1cnc(NC(=O)C2CC2[N+](=O)[O-])s1. The maximum Gasteiger partial charge on any atom is 0.260 e. The number of nitrogens with two attached hydrogens (primary N) is 1. The Morgan fingerprint density at radius 3 is 2.82 bits per heavy atom. The molecule has 1 fully saturated rings. The number of hydrogen-bond acceptors (Lipinski definition) is 6. The molecule has 3 N–H and O–H groups in total. The number of carbonyl (C=O) groups excluding carboxylic acids is 2. The summed E-state index contributed by atoms with van der Waals surface area (Å²) in [5.41, 5.74) is 5.02. The van der Waals surface area contributed by atoms with Crippen molar-refractivity contribution in [3.63, 3.8) is 0 Å². The summed E-state index contributed by atoms with van der Waals surface area (Å²) in [5, 5.41) is 13.0. The third kappa shape index (κ3) is 2.38. The van der Waals surface area contributed by atoms with E-state index >= 15 is 0 Å². The highest BCUT2D eigenvalue weighted by Crippen LogP contribution is 2.34. The van der Waals surface area contributed by atoms with E-state index in [1.54, 1.807) is 0 Å². The van der Waals surface area contributed by atoms with Crippen LogP contribution in [0.4, 0.5) is 5.13 Å². The lowest BCUT2D eigenvalue weighted by Crippen LogP contribution is -2.18. The maximum absolute atomic E-state index is 11.5. The Balaban J connectivity index is 1.95. The van der Waals surface area contributed by atoms with Crippen LogP contribution in [0.2, 0.25) is 0 Å². The zero-order chi connectivity index (χ0) is 12.6. The second-order valence-electron chi connectivity index (χ2n) is 3.58. The smallest absolute Gasteiger partial charge is 0.260 e. The highest BCUT2D eigenvalue weighted by Gasteiger charge is 2.53. The Morgan fingerprint density at radius 2 is 2.35 bits per heavy atom. The molecule has 0 bridgehead atoms. The molecule has 0 spiro atoms. The monoisotopic (exact) mass is 256 g/mol. The summed E-state index contributed by atoms with van der Waals surface area (Å²) in [4.78, 5) is 36.2. The van der Waals surface area contributed by atoms with E-state index in [0.717, 1.165) is 11.3 Å². The molecule has 8 nitrogen and oxygen atoms in total. The largest absolute Gasteiger partial charge is 0.365 e. The van der Waals surface area contributed by atoms with Crippen LogP contribution in [-0.4, -0.2) is 27.8 Å². The van der Waals surface area contributed by atoms with Gasteiger partial charge in [0.05, 0.1) is 6.20 Å². The fourth-order valence-corrected chi connectivity index (χ4v) is 2.01. The minimum absolute atomic E-state index is 0.220. The van der Waals surface area contributed by atoms with E-state index in [1.165, 1.54) is 6.20 Å². The molecule has 1 heterocycles. The van der Waals surface area contributed by atoms with Gasteiger partial charge in [0, 0.05) is 11.3 Å².